The van der Waals surface area contributed by atoms with Crippen LogP contribution >= 0.6 is 11.6 Å². The minimum Gasteiger partial charge on any atom is -0.497 e. The van der Waals surface area contributed by atoms with Crippen LogP contribution in [0, 0.1) is 5.92 Å². The lowest BCUT2D eigenvalue weighted by molar-refractivity contribution is 0.122. The average molecular weight is 463 g/mol. The van der Waals surface area contributed by atoms with E-state index in [0.29, 0.717) is 11.7 Å². The van der Waals surface area contributed by atoms with Crippen molar-refractivity contribution in [2.75, 3.05) is 20.2 Å². The smallest absolute Gasteiger partial charge is 0.241 e. The Morgan fingerprint density at radius 3 is 2.52 bits per heavy atom. The number of methoxy groups -OCH3 is 1. The van der Waals surface area contributed by atoms with E-state index in [9.17, 15) is 8.42 Å². The molecule has 1 saturated carbocycles. The van der Waals surface area contributed by atoms with Gasteiger partial charge in [-0.3, -0.25) is 4.90 Å². The molecule has 0 bridgehead atoms. The lowest BCUT2D eigenvalue weighted by Gasteiger charge is -2.38. The number of sulfonamides is 1. The third kappa shape index (κ3) is 5.61. The van der Waals surface area contributed by atoms with Crippen LogP contribution in [-0.2, 0) is 16.4 Å². The lowest BCUT2D eigenvalue weighted by atomic mass is 9.89. The molecule has 7 heteroatoms. The van der Waals surface area contributed by atoms with E-state index in [1.807, 2.05) is 12.1 Å². The highest BCUT2D eigenvalue weighted by atomic mass is 35.5. The fourth-order valence-electron chi connectivity index (χ4n) is 4.99. The normalized spacial score (nSPS) is 23.2. The molecule has 168 valence electrons. The first-order valence-corrected chi connectivity index (χ1v) is 13.0. The number of piperidine rings is 1. The van der Waals surface area contributed by atoms with Crippen molar-refractivity contribution in [3.05, 3.63) is 59.1 Å². The van der Waals surface area contributed by atoms with Crippen molar-refractivity contribution in [3.63, 3.8) is 0 Å². The molecule has 1 aliphatic carbocycles. The third-order valence-electron chi connectivity index (χ3n) is 6.69. The topological polar surface area (TPSA) is 58.6 Å². The minimum absolute atomic E-state index is 0.0379. The molecule has 31 heavy (non-hydrogen) atoms. The summed E-state index contributed by atoms with van der Waals surface area (Å²) >= 11 is 6.00. The van der Waals surface area contributed by atoms with Crippen LogP contribution in [0.15, 0.2) is 53.4 Å². The molecular weight excluding hydrogens is 432 g/mol. The van der Waals surface area contributed by atoms with Crippen molar-refractivity contribution >= 4 is 21.6 Å². The maximum Gasteiger partial charge on any atom is 0.241 e. The molecule has 1 heterocycles. The van der Waals surface area contributed by atoms with Gasteiger partial charge in [0, 0.05) is 23.2 Å². The van der Waals surface area contributed by atoms with Gasteiger partial charge in [-0.05, 0) is 80.9 Å². The van der Waals surface area contributed by atoms with Crippen molar-refractivity contribution < 1.29 is 13.2 Å². The summed E-state index contributed by atoms with van der Waals surface area (Å²) in [5.41, 5.74) is 1.34. The van der Waals surface area contributed by atoms with Crippen molar-refractivity contribution in [1.29, 1.82) is 0 Å². The summed E-state index contributed by atoms with van der Waals surface area (Å²) < 4.78 is 34.1. The molecule has 0 amide bonds. The van der Waals surface area contributed by atoms with Gasteiger partial charge in [0.15, 0.2) is 0 Å². The summed E-state index contributed by atoms with van der Waals surface area (Å²) in [6.07, 6.45) is 6.37. The molecule has 2 unspecified atom stereocenters. The number of halogens is 1. The molecule has 2 aromatic carbocycles. The van der Waals surface area contributed by atoms with Crippen LogP contribution in [0.4, 0.5) is 0 Å². The van der Waals surface area contributed by atoms with Crippen LogP contribution in [0.3, 0.4) is 0 Å². The van der Waals surface area contributed by atoms with E-state index in [2.05, 4.69) is 21.8 Å². The average Bonchev–Trinajstić information content (AvgIpc) is 3.23. The highest BCUT2D eigenvalue weighted by Gasteiger charge is 2.36. The van der Waals surface area contributed by atoms with Crippen molar-refractivity contribution in [2.24, 2.45) is 5.92 Å². The Hall–Kier alpha value is -1.60. The molecule has 0 radical (unpaired) electrons. The predicted octanol–water partition coefficient (Wildman–Crippen LogP) is 4.50. The van der Waals surface area contributed by atoms with Crippen LogP contribution in [0.2, 0.25) is 5.02 Å². The van der Waals surface area contributed by atoms with Crippen LogP contribution in [0.25, 0.3) is 0 Å². The summed E-state index contributed by atoms with van der Waals surface area (Å²) in [5.74, 6) is 1.22. The largest absolute Gasteiger partial charge is 0.497 e. The number of hydrogen-bond acceptors (Lipinski definition) is 4. The van der Waals surface area contributed by atoms with Gasteiger partial charge in [0.2, 0.25) is 10.0 Å². The molecule has 5 nitrogen and oxygen atoms in total. The zero-order valence-electron chi connectivity index (χ0n) is 18.0. The van der Waals surface area contributed by atoms with Crippen molar-refractivity contribution in [3.8, 4) is 5.75 Å². The van der Waals surface area contributed by atoms with Gasteiger partial charge in [0.05, 0.1) is 12.0 Å². The van der Waals surface area contributed by atoms with Crippen LogP contribution in [-0.4, -0.2) is 45.6 Å². The zero-order valence-corrected chi connectivity index (χ0v) is 19.5. The maximum atomic E-state index is 13.0. The van der Waals surface area contributed by atoms with Crippen LogP contribution in [0.1, 0.15) is 37.7 Å². The molecule has 1 saturated heterocycles. The quantitative estimate of drug-likeness (QED) is 0.658. The second-order valence-corrected chi connectivity index (χ2v) is 10.9. The minimum atomic E-state index is -3.57. The third-order valence-corrected chi connectivity index (χ3v) is 8.43. The Balaban J connectivity index is 1.35. The van der Waals surface area contributed by atoms with E-state index in [0.717, 1.165) is 56.6 Å². The summed E-state index contributed by atoms with van der Waals surface area (Å²) in [6, 6.07) is 15.1. The first-order chi connectivity index (χ1) is 14.9. The van der Waals surface area contributed by atoms with Gasteiger partial charge in [-0.2, -0.15) is 0 Å². The van der Waals surface area contributed by atoms with Gasteiger partial charge < -0.3 is 4.74 Å². The Morgan fingerprint density at radius 1 is 1.06 bits per heavy atom. The summed E-state index contributed by atoms with van der Waals surface area (Å²) in [4.78, 5) is 2.77. The van der Waals surface area contributed by atoms with Gasteiger partial charge >= 0.3 is 0 Å². The molecule has 1 N–H and O–H groups in total. The zero-order chi connectivity index (χ0) is 21.8. The molecule has 0 aromatic heterocycles. The summed E-state index contributed by atoms with van der Waals surface area (Å²) in [5, 5.41) is 0.780. The second-order valence-electron chi connectivity index (χ2n) is 8.71. The number of nitrogens with zero attached hydrogens (tertiary/aromatic N) is 1. The molecule has 2 aliphatic rings. The van der Waals surface area contributed by atoms with E-state index < -0.39 is 10.0 Å². The monoisotopic (exact) mass is 462 g/mol. The first kappa shape index (κ1) is 22.6. The number of ether oxygens (including phenoxy) is 1. The van der Waals surface area contributed by atoms with Crippen molar-refractivity contribution in [1.82, 2.24) is 9.62 Å². The van der Waals surface area contributed by atoms with Gasteiger partial charge in [0.25, 0.3) is 0 Å². The van der Waals surface area contributed by atoms with Gasteiger partial charge in [-0.15, -0.1) is 0 Å². The Morgan fingerprint density at radius 2 is 1.81 bits per heavy atom. The van der Waals surface area contributed by atoms with Gasteiger partial charge in [-0.1, -0.05) is 36.2 Å². The molecule has 4 rings (SSSR count). The number of benzene rings is 2. The number of nitrogens with one attached hydrogen (secondary N) is 1. The van der Waals surface area contributed by atoms with Crippen LogP contribution < -0.4 is 9.46 Å². The maximum absolute atomic E-state index is 13.0. The summed E-state index contributed by atoms with van der Waals surface area (Å²) in [7, 11) is -2.03. The highest BCUT2D eigenvalue weighted by Crippen LogP contribution is 2.31. The molecule has 0 spiro atoms. The molecule has 2 fully saturated rings. The Bertz CT molecular complexity index is 973. The molecular formula is C24H31ClN2O3S. The Labute approximate surface area is 190 Å². The summed E-state index contributed by atoms with van der Waals surface area (Å²) in [6.45, 7) is 2.06. The van der Waals surface area contributed by atoms with E-state index in [4.69, 9.17) is 16.3 Å². The van der Waals surface area contributed by atoms with E-state index in [-0.39, 0.29) is 17.0 Å². The fraction of sp³-hybridized carbons (Fsp3) is 0.500. The lowest BCUT2D eigenvalue weighted by Crippen LogP contribution is -2.51. The van der Waals surface area contributed by atoms with Gasteiger partial charge in [-0.25, -0.2) is 13.1 Å². The number of hydrogen-bond donors (Lipinski definition) is 1. The first-order valence-electron chi connectivity index (χ1n) is 11.1. The Kier molecular flexibility index (Phi) is 7.22. The predicted molar refractivity (Wildman–Crippen MR) is 124 cm³/mol. The second kappa shape index (κ2) is 9.90. The van der Waals surface area contributed by atoms with Crippen molar-refractivity contribution in [2.45, 2.75) is 55.5 Å². The number of rotatable bonds is 7. The number of likely N-dealkylation sites (tertiary alicyclic amines) is 1. The fourth-order valence-corrected chi connectivity index (χ4v) is 6.46. The standard InChI is InChI=1S/C24H31ClN2O3S/c1-30-21-4-2-5-22(17-21)31(28,29)26-23-6-3-7-24(23)27-14-12-19(13-15-27)16-18-8-10-20(25)11-9-18/h2,4-5,8-11,17,19,23-24,26H,3,6-7,12-16H2,1H3. The van der Waals surface area contributed by atoms with Gasteiger partial charge in [0.1, 0.15) is 5.75 Å². The van der Waals surface area contributed by atoms with E-state index in [1.54, 1.807) is 31.4 Å². The van der Waals surface area contributed by atoms with E-state index in [1.165, 1.54) is 5.56 Å². The van der Waals surface area contributed by atoms with E-state index >= 15 is 0 Å². The van der Waals surface area contributed by atoms with Crippen LogP contribution in [0.5, 0.6) is 5.75 Å². The SMILES string of the molecule is COc1cccc(S(=O)(=O)NC2CCCC2N2CCC(Cc3ccc(Cl)cc3)CC2)c1. The molecule has 2 aromatic rings. The highest BCUT2D eigenvalue weighted by molar-refractivity contribution is 7.89. The molecule has 1 aliphatic heterocycles. The molecule has 2 atom stereocenters.